The monoisotopic (exact) mass is 130 g/mol. The molecular weight excluding hydrogens is 118 g/mol. The molecule has 0 spiro atoms. The molecule has 1 heterocycles. The van der Waals surface area contributed by atoms with Crippen molar-refractivity contribution in [3.63, 3.8) is 0 Å². The summed E-state index contributed by atoms with van der Waals surface area (Å²) in [6, 6.07) is -0.167. The van der Waals surface area contributed by atoms with E-state index in [0.717, 1.165) is 13.0 Å². The van der Waals surface area contributed by atoms with Crippen LogP contribution in [-0.4, -0.2) is 23.7 Å². The first kappa shape index (κ1) is 6.55. The van der Waals surface area contributed by atoms with Crippen LogP contribution in [0.15, 0.2) is 0 Å². The van der Waals surface area contributed by atoms with Gasteiger partial charge in [-0.05, 0) is 0 Å². The third-order valence-electron chi connectivity index (χ3n) is 1.80. The van der Waals surface area contributed by atoms with Crippen molar-refractivity contribution in [1.29, 1.82) is 0 Å². The van der Waals surface area contributed by atoms with Crippen LogP contribution < -0.4 is 5.32 Å². The lowest BCUT2D eigenvalue weighted by atomic mass is 10.1. The first-order valence-corrected chi connectivity index (χ1v) is 3.26. The summed E-state index contributed by atoms with van der Waals surface area (Å²) in [5.74, 6) is -0.0922. The molecule has 3 nitrogen and oxygen atoms in total. The van der Waals surface area contributed by atoms with Crippen LogP contribution in [0.2, 0.25) is 0 Å². The van der Waals surface area contributed by atoms with E-state index in [2.05, 4.69) is 6.92 Å². The van der Waals surface area contributed by atoms with E-state index in [-0.39, 0.29) is 6.04 Å². The van der Waals surface area contributed by atoms with Gasteiger partial charge in [-0.15, -0.1) is 0 Å². The summed E-state index contributed by atoms with van der Waals surface area (Å²) < 4.78 is 0. The number of carbonyl (C=O) groups is 1. The number of aliphatic carboxylic acids is 1. The zero-order valence-electron chi connectivity index (χ0n) is 5.50. The first-order chi connectivity index (χ1) is 4.20. The molecule has 0 saturated carbocycles. The summed E-state index contributed by atoms with van der Waals surface area (Å²) in [5.41, 5.74) is 0. The summed E-state index contributed by atoms with van der Waals surface area (Å²) in [6.45, 7) is 3.05. The van der Waals surface area contributed by atoms with Gasteiger partial charge in [0, 0.05) is 12.3 Å². The summed E-state index contributed by atoms with van der Waals surface area (Å²) in [5, 5.41) is 10.4. The quantitative estimate of drug-likeness (QED) is 0.480. The van der Waals surface area contributed by atoms with E-state index < -0.39 is 5.97 Å². The van der Waals surface area contributed by atoms with Crippen molar-refractivity contribution in [2.75, 3.05) is 6.54 Å². The Balaban J connectivity index is 2.39. The Hall–Kier alpha value is -0.570. The van der Waals surface area contributed by atoms with Gasteiger partial charge in [0.2, 0.25) is 0 Å². The van der Waals surface area contributed by atoms with E-state index in [1.54, 1.807) is 0 Å². The summed E-state index contributed by atoms with van der Waals surface area (Å²) in [6.07, 6.45) is 0.829. The molecule has 9 heavy (non-hydrogen) atoms. The third-order valence-corrected chi connectivity index (χ3v) is 1.80. The molecule has 52 valence electrons. The maximum Gasteiger partial charge on any atom is 0.362 e. The molecule has 1 fully saturated rings. The number of nitrogens with two attached hydrogens (primary N) is 1. The predicted octanol–water partition coefficient (Wildman–Crippen LogP) is -0.957. The average molecular weight is 130 g/mol. The second-order valence-electron chi connectivity index (χ2n) is 2.76. The van der Waals surface area contributed by atoms with Crippen LogP contribution in [0, 0.1) is 5.92 Å². The van der Waals surface area contributed by atoms with Crippen molar-refractivity contribution in [2.24, 2.45) is 5.92 Å². The van der Waals surface area contributed by atoms with Gasteiger partial charge < -0.3 is 10.4 Å². The fourth-order valence-corrected chi connectivity index (χ4v) is 1.22. The molecule has 0 aromatic heterocycles. The highest BCUT2D eigenvalue weighted by atomic mass is 16.4. The average Bonchev–Trinajstić information content (AvgIpc) is 2.14. The molecular formula is C6H12NO2+. The third kappa shape index (κ3) is 1.42. The lowest BCUT2D eigenvalue weighted by Gasteiger charge is -1.96. The molecule has 1 rings (SSSR count). The smallest absolute Gasteiger partial charge is 0.362 e. The van der Waals surface area contributed by atoms with Gasteiger partial charge in [-0.1, -0.05) is 6.92 Å². The lowest BCUT2D eigenvalue weighted by molar-refractivity contribution is -0.660. The van der Waals surface area contributed by atoms with Crippen LogP contribution in [0.5, 0.6) is 0 Å². The van der Waals surface area contributed by atoms with Gasteiger partial charge in [0.05, 0.1) is 6.54 Å². The molecule has 0 unspecified atom stereocenters. The highest BCUT2D eigenvalue weighted by Gasteiger charge is 2.30. The zero-order valence-corrected chi connectivity index (χ0v) is 5.50. The van der Waals surface area contributed by atoms with Crippen LogP contribution in [-0.2, 0) is 4.79 Å². The van der Waals surface area contributed by atoms with Crippen molar-refractivity contribution in [3.8, 4) is 0 Å². The Kier molecular flexibility index (Phi) is 1.71. The minimum Gasteiger partial charge on any atom is -0.477 e. The Bertz CT molecular complexity index is 124. The topological polar surface area (TPSA) is 53.9 Å². The first-order valence-electron chi connectivity index (χ1n) is 3.26. The van der Waals surface area contributed by atoms with Crippen molar-refractivity contribution < 1.29 is 15.2 Å². The Labute approximate surface area is 54.1 Å². The second kappa shape index (κ2) is 2.35. The van der Waals surface area contributed by atoms with E-state index in [0.29, 0.717) is 5.92 Å². The number of quaternary nitrogens is 1. The molecule has 0 aliphatic carbocycles. The molecule has 3 N–H and O–H groups in total. The van der Waals surface area contributed by atoms with Gasteiger partial charge in [0.25, 0.3) is 0 Å². The van der Waals surface area contributed by atoms with Crippen molar-refractivity contribution in [3.05, 3.63) is 0 Å². The molecule has 1 aliphatic rings. The van der Waals surface area contributed by atoms with E-state index in [9.17, 15) is 4.79 Å². The van der Waals surface area contributed by atoms with Crippen LogP contribution in [0.1, 0.15) is 13.3 Å². The van der Waals surface area contributed by atoms with Gasteiger partial charge in [-0.3, -0.25) is 0 Å². The van der Waals surface area contributed by atoms with Crippen molar-refractivity contribution in [2.45, 2.75) is 19.4 Å². The van der Waals surface area contributed by atoms with E-state index in [1.165, 1.54) is 0 Å². The van der Waals surface area contributed by atoms with Gasteiger partial charge in [0.15, 0.2) is 6.04 Å². The van der Waals surface area contributed by atoms with Crippen LogP contribution >= 0.6 is 0 Å². The number of hydrogen-bond acceptors (Lipinski definition) is 1. The number of hydrogen-bond donors (Lipinski definition) is 2. The molecule has 0 radical (unpaired) electrons. The molecule has 0 aromatic rings. The molecule has 3 heteroatoms. The Morgan fingerprint density at radius 1 is 1.78 bits per heavy atom. The Morgan fingerprint density at radius 3 is 2.67 bits per heavy atom. The van der Waals surface area contributed by atoms with E-state index in [1.807, 2.05) is 5.32 Å². The normalized spacial score (nSPS) is 34.8. The highest BCUT2D eigenvalue weighted by Crippen LogP contribution is 2.05. The fourth-order valence-electron chi connectivity index (χ4n) is 1.22. The van der Waals surface area contributed by atoms with Crippen LogP contribution in [0.4, 0.5) is 0 Å². The minimum atomic E-state index is -0.667. The number of rotatable bonds is 1. The predicted molar refractivity (Wildman–Crippen MR) is 32.0 cm³/mol. The highest BCUT2D eigenvalue weighted by molar-refractivity contribution is 5.71. The summed E-state index contributed by atoms with van der Waals surface area (Å²) >= 11 is 0. The van der Waals surface area contributed by atoms with Crippen molar-refractivity contribution in [1.82, 2.24) is 0 Å². The second-order valence-corrected chi connectivity index (χ2v) is 2.76. The van der Waals surface area contributed by atoms with Gasteiger partial charge in [-0.25, -0.2) is 4.79 Å². The van der Waals surface area contributed by atoms with Crippen LogP contribution in [0.3, 0.4) is 0 Å². The SMILES string of the molecule is C[C@@H]1C[NH2+][C@H](C(=O)O)C1. The lowest BCUT2D eigenvalue weighted by Crippen LogP contribution is -2.88. The largest absolute Gasteiger partial charge is 0.477 e. The number of carboxylic acids is 1. The van der Waals surface area contributed by atoms with Gasteiger partial charge in [-0.2, -0.15) is 0 Å². The van der Waals surface area contributed by atoms with Crippen LogP contribution in [0.25, 0.3) is 0 Å². The molecule has 0 amide bonds. The molecule has 0 bridgehead atoms. The molecule has 2 atom stereocenters. The fraction of sp³-hybridized carbons (Fsp3) is 0.833. The minimum absolute atomic E-state index is 0.167. The number of carboxylic acid groups (broad SMARTS) is 1. The van der Waals surface area contributed by atoms with Gasteiger partial charge >= 0.3 is 5.97 Å². The van der Waals surface area contributed by atoms with Gasteiger partial charge in [0.1, 0.15) is 0 Å². The molecule has 1 aliphatic heterocycles. The summed E-state index contributed by atoms with van der Waals surface area (Å²) in [4.78, 5) is 10.3. The molecule has 0 aromatic carbocycles. The summed E-state index contributed by atoms with van der Waals surface area (Å²) in [7, 11) is 0. The maximum atomic E-state index is 10.3. The van der Waals surface area contributed by atoms with E-state index >= 15 is 0 Å². The van der Waals surface area contributed by atoms with Crippen molar-refractivity contribution >= 4 is 5.97 Å². The van der Waals surface area contributed by atoms with E-state index in [4.69, 9.17) is 5.11 Å². The zero-order chi connectivity index (χ0) is 6.85. The Morgan fingerprint density at radius 2 is 2.44 bits per heavy atom. The maximum absolute atomic E-state index is 10.3. The molecule has 1 saturated heterocycles. The standard InChI is InChI=1S/C6H11NO2/c1-4-2-5(6(8)9)7-3-4/h4-5,7H,2-3H2,1H3,(H,8,9)/p+1/t4-,5-/m0/s1.